The van der Waals surface area contributed by atoms with Crippen LogP contribution in [0.5, 0.6) is 5.75 Å². The first-order chi connectivity index (χ1) is 14.1. The standard InChI is InChI=1S/C24H28N2O3S/c1-24(10-7-11-24)17-12-21(30(2,3)4)20(27)13-19(17)26-23(29)16-14-25-18-9-6-5-8-15(18)22(16)28/h5-6,8-9,12-14,27H,7,10-11H2,1-4H3,(H,25,28)(H,26,29). The lowest BCUT2D eigenvalue weighted by Crippen LogP contribution is -2.32. The van der Waals surface area contributed by atoms with E-state index in [0.29, 0.717) is 16.6 Å². The van der Waals surface area contributed by atoms with E-state index in [1.807, 2.05) is 6.07 Å². The van der Waals surface area contributed by atoms with E-state index in [0.717, 1.165) is 29.7 Å². The highest BCUT2D eigenvalue weighted by molar-refractivity contribution is 8.32. The van der Waals surface area contributed by atoms with Crippen LogP contribution in [-0.2, 0) is 5.41 Å². The van der Waals surface area contributed by atoms with Crippen molar-refractivity contribution in [2.45, 2.75) is 36.5 Å². The van der Waals surface area contributed by atoms with Gasteiger partial charge in [0.05, 0.1) is 0 Å². The Morgan fingerprint density at radius 1 is 1.17 bits per heavy atom. The number of phenols is 1. The topological polar surface area (TPSA) is 82.2 Å². The van der Waals surface area contributed by atoms with E-state index in [1.165, 1.54) is 6.20 Å². The quantitative estimate of drug-likeness (QED) is 0.552. The highest BCUT2D eigenvalue weighted by Crippen LogP contribution is 2.54. The highest BCUT2D eigenvalue weighted by atomic mass is 32.3. The molecule has 6 heteroatoms. The van der Waals surface area contributed by atoms with E-state index in [9.17, 15) is 14.7 Å². The third kappa shape index (κ3) is 3.49. The minimum Gasteiger partial charge on any atom is -0.507 e. The van der Waals surface area contributed by atoms with Gasteiger partial charge < -0.3 is 15.4 Å². The Morgan fingerprint density at radius 2 is 1.87 bits per heavy atom. The van der Waals surface area contributed by atoms with Crippen LogP contribution in [0.25, 0.3) is 10.9 Å². The second-order valence-corrected chi connectivity index (χ2v) is 13.3. The second-order valence-electron chi connectivity index (χ2n) is 9.15. The molecule has 3 aromatic rings. The Labute approximate surface area is 177 Å². The van der Waals surface area contributed by atoms with Gasteiger partial charge in [-0.1, -0.05) is 25.5 Å². The van der Waals surface area contributed by atoms with Gasteiger partial charge >= 0.3 is 0 Å². The van der Waals surface area contributed by atoms with Crippen molar-refractivity contribution in [3.63, 3.8) is 0 Å². The molecule has 0 saturated heterocycles. The molecular formula is C24H28N2O3S. The molecule has 0 aliphatic heterocycles. The molecule has 1 saturated carbocycles. The summed E-state index contributed by atoms with van der Waals surface area (Å²) in [6.45, 7) is 2.20. The van der Waals surface area contributed by atoms with E-state index in [2.05, 4.69) is 42.1 Å². The molecule has 0 bridgehead atoms. The van der Waals surface area contributed by atoms with Gasteiger partial charge in [0, 0.05) is 33.7 Å². The summed E-state index contributed by atoms with van der Waals surface area (Å²) in [6, 6.07) is 10.8. The van der Waals surface area contributed by atoms with E-state index in [4.69, 9.17) is 0 Å². The number of hydrogen-bond donors (Lipinski definition) is 3. The number of phenolic OH excluding ortho intramolecular Hbond substituents is 1. The molecule has 2 aromatic carbocycles. The third-order valence-corrected chi connectivity index (χ3v) is 7.79. The molecule has 1 amide bonds. The molecule has 0 unspecified atom stereocenters. The molecule has 30 heavy (non-hydrogen) atoms. The van der Waals surface area contributed by atoms with Crippen molar-refractivity contribution in [1.29, 1.82) is 0 Å². The third-order valence-electron chi connectivity index (χ3n) is 6.15. The molecule has 0 spiro atoms. The van der Waals surface area contributed by atoms with Crippen LogP contribution >= 0.6 is 10.0 Å². The monoisotopic (exact) mass is 424 g/mol. The van der Waals surface area contributed by atoms with Crippen molar-refractivity contribution in [2.24, 2.45) is 0 Å². The van der Waals surface area contributed by atoms with Gasteiger partial charge in [-0.15, -0.1) is 0 Å². The molecular weight excluding hydrogens is 396 g/mol. The largest absolute Gasteiger partial charge is 0.507 e. The number of rotatable bonds is 4. The molecule has 5 nitrogen and oxygen atoms in total. The van der Waals surface area contributed by atoms with Crippen molar-refractivity contribution < 1.29 is 9.90 Å². The fraction of sp³-hybridized carbons (Fsp3) is 0.333. The second kappa shape index (κ2) is 7.20. The zero-order valence-corrected chi connectivity index (χ0v) is 18.7. The number of nitrogens with one attached hydrogen (secondary N) is 2. The summed E-state index contributed by atoms with van der Waals surface area (Å²) >= 11 is 0. The van der Waals surface area contributed by atoms with Crippen LogP contribution in [0.1, 0.15) is 42.1 Å². The minimum atomic E-state index is -1.15. The van der Waals surface area contributed by atoms with Crippen LogP contribution in [0.3, 0.4) is 0 Å². The lowest BCUT2D eigenvalue weighted by molar-refractivity contribution is 0.102. The number of aromatic hydroxyl groups is 1. The zero-order chi connectivity index (χ0) is 21.7. The van der Waals surface area contributed by atoms with Gasteiger partial charge in [-0.2, -0.15) is 0 Å². The molecule has 0 atom stereocenters. The number of H-pyrrole nitrogens is 1. The van der Waals surface area contributed by atoms with Crippen molar-refractivity contribution in [3.05, 3.63) is 63.9 Å². The van der Waals surface area contributed by atoms with Crippen molar-refractivity contribution in [1.82, 2.24) is 4.98 Å². The SMILES string of the molecule is CC1(c2cc(S(C)(C)C)c(O)cc2NC(=O)c2c[nH]c3ccccc3c2=O)CCC1. The fourth-order valence-corrected chi connectivity index (χ4v) is 5.32. The van der Waals surface area contributed by atoms with Gasteiger partial charge in [0.2, 0.25) is 5.43 Å². The number of carbonyl (C=O) groups excluding carboxylic acids is 1. The Hall–Kier alpha value is -2.73. The number of amides is 1. The van der Waals surface area contributed by atoms with Gasteiger partial charge in [-0.25, -0.2) is 10.0 Å². The molecule has 1 heterocycles. The van der Waals surface area contributed by atoms with Gasteiger partial charge in [-0.05, 0) is 60.8 Å². The Balaban J connectivity index is 1.78. The Bertz CT molecular complexity index is 1200. The van der Waals surface area contributed by atoms with Crippen molar-refractivity contribution >= 4 is 32.5 Å². The number of pyridine rings is 1. The van der Waals surface area contributed by atoms with Gasteiger partial charge in [-0.3, -0.25) is 9.59 Å². The Kier molecular flexibility index (Phi) is 4.93. The first-order valence-corrected chi connectivity index (χ1v) is 12.9. The first kappa shape index (κ1) is 20.5. The number of benzene rings is 2. The summed E-state index contributed by atoms with van der Waals surface area (Å²) in [5.74, 6) is -0.284. The maximum absolute atomic E-state index is 13.0. The maximum Gasteiger partial charge on any atom is 0.261 e. The number of para-hydroxylation sites is 1. The minimum absolute atomic E-state index is 0.0362. The molecule has 158 valence electrons. The lowest BCUT2D eigenvalue weighted by atomic mass is 9.65. The number of aromatic nitrogens is 1. The van der Waals surface area contributed by atoms with E-state index >= 15 is 0 Å². The van der Waals surface area contributed by atoms with Crippen LogP contribution in [0, 0.1) is 0 Å². The van der Waals surface area contributed by atoms with Crippen LogP contribution < -0.4 is 10.7 Å². The highest BCUT2D eigenvalue weighted by Gasteiger charge is 2.37. The van der Waals surface area contributed by atoms with Crippen LogP contribution in [0.4, 0.5) is 5.69 Å². The summed E-state index contributed by atoms with van der Waals surface area (Å²) in [5.41, 5.74) is 2.03. The van der Waals surface area contributed by atoms with Crippen molar-refractivity contribution in [2.75, 3.05) is 24.1 Å². The molecule has 1 aliphatic rings. The molecule has 1 aliphatic carbocycles. The normalized spacial score (nSPS) is 16.1. The fourth-order valence-electron chi connectivity index (χ4n) is 4.16. The molecule has 1 fully saturated rings. The number of hydrogen-bond acceptors (Lipinski definition) is 3. The number of fused-ring (bicyclic) bond motifs is 1. The predicted octanol–water partition coefficient (Wildman–Crippen LogP) is 4.98. The predicted molar refractivity (Wildman–Crippen MR) is 125 cm³/mol. The smallest absolute Gasteiger partial charge is 0.261 e. The molecule has 4 rings (SSSR count). The first-order valence-electron chi connectivity index (χ1n) is 10.1. The van der Waals surface area contributed by atoms with Gasteiger partial charge in [0.15, 0.2) is 0 Å². The Morgan fingerprint density at radius 3 is 2.50 bits per heavy atom. The summed E-state index contributed by atoms with van der Waals surface area (Å²) in [5, 5.41) is 14.1. The van der Waals surface area contributed by atoms with E-state index in [1.54, 1.807) is 24.3 Å². The number of aromatic amines is 1. The molecule has 1 aromatic heterocycles. The van der Waals surface area contributed by atoms with Crippen molar-refractivity contribution in [3.8, 4) is 5.75 Å². The van der Waals surface area contributed by atoms with Crippen LogP contribution in [0.2, 0.25) is 0 Å². The molecule has 0 radical (unpaired) electrons. The lowest BCUT2D eigenvalue weighted by Gasteiger charge is -2.41. The van der Waals surface area contributed by atoms with Gasteiger partial charge in [0.25, 0.3) is 5.91 Å². The zero-order valence-electron chi connectivity index (χ0n) is 17.8. The summed E-state index contributed by atoms with van der Waals surface area (Å²) in [7, 11) is -1.15. The van der Waals surface area contributed by atoms with E-state index < -0.39 is 15.9 Å². The average Bonchev–Trinajstić information content (AvgIpc) is 2.65. The van der Waals surface area contributed by atoms with Crippen LogP contribution in [0.15, 0.2) is 52.3 Å². The molecule has 3 N–H and O–H groups in total. The average molecular weight is 425 g/mol. The van der Waals surface area contributed by atoms with Gasteiger partial charge in [0.1, 0.15) is 11.3 Å². The van der Waals surface area contributed by atoms with Crippen LogP contribution in [-0.4, -0.2) is 34.8 Å². The number of anilines is 1. The maximum atomic E-state index is 13.0. The van der Waals surface area contributed by atoms with E-state index in [-0.39, 0.29) is 22.2 Å². The summed E-state index contributed by atoms with van der Waals surface area (Å²) < 4.78 is 0. The summed E-state index contributed by atoms with van der Waals surface area (Å²) in [6.07, 6.45) is 11.1. The number of carbonyl (C=O) groups is 1. The summed E-state index contributed by atoms with van der Waals surface area (Å²) in [4.78, 5) is 29.8.